The molecule has 0 unspecified atom stereocenters. The Bertz CT molecular complexity index is 800. The van der Waals surface area contributed by atoms with Gasteiger partial charge in [-0.25, -0.2) is 23.3 Å². The molecule has 106 valence electrons. The van der Waals surface area contributed by atoms with Gasteiger partial charge in [0.1, 0.15) is 0 Å². The third-order valence-electron chi connectivity index (χ3n) is 2.51. The largest absolute Gasteiger partial charge is 0.477 e. The van der Waals surface area contributed by atoms with E-state index >= 15 is 0 Å². The van der Waals surface area contributed by atoms with E-state index in [4.69, 9.17) is 16.0 Å². The first-order chi connectivity index (χ1) is 9.21. The first-order valence-corrected chi connectivity index (χ1v) is 6.61. The first-order valence-electron chi connectivity index (χ1n) is 5.11. The summed E-state index contributed by atoms with van der Waals surface area (Å²) >= 11 is 0. The molecule has 0 aliphatic heterocycles. The molecule has 2 rings (SSSR count). The van der Waals surface area contributed by atoms with Crippen molar-refractivity contribution in [1.82, 2.24) is 8.96 Å². The summed E-state index contributed by atoms with van der Waals surface area (Å²) < 4.78 is 36.3. The predicted molar refractivity (Wildman–Crippen MR) is 67.5 cm³/mol. The topological polar surface area (TPSA) is 141 Å². The Morgan fingerprint density at radius 2 is 2.10 bits per heavy atom. The SMILES string of the molecule is Nc1ncc(-c2ccn(S(N)(=O)=O)c2C(=O)O)cc1F. The van der Waals surface area contributed by atoms with Crippen molar-refractivity contribution in [3.8, 4) is 11.1 Å². The number of rotatable bonds is 3. The van der Waals surface area contributed by atoms with E-state index < -0.39 is 27.7 Å². The lowest BCUT2D eigenvalue weighted by Gasteiger charge is -2.06. The van der Waals surface area contributed by atoms with Gasteiger partial charge in [0.2, 0.25) is 0 Å². The number of aromatic nitrogens is 2. The molecule has 0 radical (unpaired) electrons. The zero-order valence-corrected chi connectivity index (χ0v) is 10.6. The lowest BCUT2D eigenvalue weighted by molar-refractivity contribution is 0.0690. The van der Waals surface area contributed by atoms with Gasteiger partial charge in [-0.15, -0.1) is 0 Å². The number of carboxylic acids is 1. The van der Waals surface area contributed by atoms with Gasteiger partial charge >= 0.3 is 16.2 Å². The van der Waals surface area contributed by atoms with Gasteiger partial charge in [-0.2, -0.15) is 8.42 Å². The summed E-state index contributed by atoms with van der Waals surface area (Å²) in [6.07, 6.45) is 2.09. The van der Waals surface area contributed by atoms with E-state index in [1.54, 1.807) is 0 Å². The van der Waals surface area contributed by atoms with Gasteiger partial charge in [-0.3, -0.25) is 0 Å². The number of halogens is 1. The Hall–Kier alpha value is -2.46. The molecule has 0 spiro atoms. The van der Waals surface area contributed by atoms with Gasteiger partial charge in [-0.05, 0) is 12.1 Å². The summed E-state index contributed by atoms with van der Waals surface area (Å²) in [5.41, 5.74) is 4.63. The van der Waals surface area contributed by atoms with Crippen LogP contribution in [0, 0.1) is 5.82 Å². The Morgan fingerprint density at radius 1 is 1.45 bits per heavy atom. The van der Waals surface area contributed by atoms with Crippen LogP contribution in [0.1, 0.15) is 10.5 Å². The van der Waals surface area contributed by atoms with Crippen LogP contribution in [0.5, 0.6) is 0 Å². The van der Waals surface area contributed by atoms with Crippen LogP contribution in [0.4, 0.5) is 10.2 Å². The number of nitrogens with two attached hydrogens (primary N) is 2. The normalized spacial score (nSPS) is 11.5. The number of carbonyl (C=O) groups is 1. The van der Waals surface area contributed by atoms with Crippen LogP contribution in [0.25, 0.3) is 11.1 Å². The number of hydrogen-bond acceptors (Lipinski definition) is 5. The summed E-state index contributed by atoms with van der Waals surface area (Å²) in [6.45, 7) is 0. The standard InChI is InChI=1S/C10H9FN4O4S/c11-7-3-5(4-14-9(7)12)6-1-2-15(20(13,18)19)8(6)10(16)17/h1-4H,(H2,12,14)(H,16,17)(H2,13,18,19). The fraction of sp³-hybridized carbons (Fsp3) is 0. The van der Waals surface area contributed by atoms with Crippen LogP contribution < -0.4 is 10.9 Å². The highest BCUT2D eigenvalue weighted by Gasteiger charge is 2.23. The molecule has 0 saturated carbocycles. The average Bonchev–Trinajstić information content (AvgIpc) is 2.77. The summed E-state index contributed by atoms with van der Waals surface area (Å²) in [5.74, 6) is -2.73. The number of nitrogen functional groups attached to an aromatic ring is 1. The van der Waals surface area contributed by atoms with E-state index in [0.29, 0.717) is 3.97 Å². The van der Waals surface area contributed by atoms with Crippen LogP contribution in [0.15, 0.2) is 24.5 Å². The molecule has 2 heterocycles. The third kappa shape index (κ3) is 2.33. The van der Waals surface area contributed by atoms with E-state index in [2.05, 4.69) is 4.98 Å². The van der Waals surface area contributed by atoms with Gasteiger partial charge < -0.3 is 10.8 Å². The fourth-order valence-electron chi connectivity index (χ4n) is 1.66. The molecule has 0 saturated heterocycles. The van der Waals surface area contributed by atoms with Crippen molar-refractivity contribution in [2.45, 2.75) is 0 Å². The molecule has 0 aliphatic carbocycles. The maximum absolute atomic E-state index is 13.4. The van der Waals surface area contributed by atoms with Crippen LogP contribution in [0.3, 0.4) is 0 Å². The van der Waals surface area contributed by atoms with Gasteiger partial charge in [0.25, 0.3) is 0 Å². The van der Waals surface area contributed by atoms with Crippen molar-refractivity contribution in [3.63, 3.8) is 0 Å². The highest BCUT2D eigenvalue weighted by atomic mass is 32.2. The van der Waals surface area contributed by atoms with Crippen LogP contribution >= 0.6 is 0 Å². The van der Waals surface area contributed by atoms with Gasteiger partial charge in [0.15, 0.2) is 17.3 Å². The molecule has 2 aromatic rings. The summed E-state index contributed by atoms with van der Waals surface area (Å²) in [7, 11) is -4.29. The molecule has 5 N–H and O–H groups in total. The van der Waals surface area contributed by atoms with Gasteiger partial charge in [0.05, 0.1) is 0 Å². The monoisotopic (exact) mass is 300 g/mol. The van der Waals surface area contributed by atoms with E-state index in [-0.39, 0.29) is 16.9 Å². The molecule has 10 heteroatoms. The Kier molecular flexibility index (Phi) is 3.19. The highest BCUT2D eigenvalue weighted by molar-refractivity contribution is 7.87. The molecular formula is C10H9FN4O4S. The predicted octanol–water partition coefficient (Wildman–Crippen LogP) is 0.0212. The quantitative estimate of drug-likeness (QED) is 0.729. The number of carboxylic acid groups (broad SMARTS) is 1. The van der Waals surface area contributed by atoms with Crippen molar-refractivity contribution < 1.29 is 22.7 Å². The maximum Gasteiger partial charge on any atom is 0.354 e. The zero-order valence-electron chi connectivity index (χ0n) is 9.82. The molecule has 0 aliphatic rings. The number of pyridine rings is 1. The number of anilines is 1. The fourth-order valence-corrected chi connectivity index (χ4v) is 2.33. The average molecular weight is 300 g/mol. The molecule has 0 amide bonds. The van der Waals surface area contributed by atoms with Crippen molar-refractivity contribution >= 4 is 22.0 Å². The molecule has 20 heavy (non-hydrogen) atoms. The molecule has 0 bridgehead atoms. The van der Waals surface area contributed by atoms with Crippen molar-refractivity contribution in [3.05, 3.63) is 36.0 Å². The van der Waals surface area contributed by atoms with Gasteiger partial charge in [0, 0.05) is 23.5 Å². The second-order valence-electron chi connectivity index (χ2n) is 3.81. The Balaban J connectivity index is 2.72. The van der Waals surface area contributed by atoms with Crippen LogP contribution in [-0.4, -0.2) is 28.5 Å². The summed E-state index contributed by atoms with van der Waals surface area (Å²) in [6, 6.07) is 2.14. The van der Waals surface area contributed by atoms with Crippen LogP contribution in [0.2, 0.25) is 0 Å². The van der Waals surface area contributed by atoms with Crippen molar-refractivity contribution in [1.29, 1.82) is 0 Å². The van der Waals surface area contributed by atoms with E-state index in [9.17, 15) is 17.6 Å². The number of aromatic carboxylic acids is 1. The molecule has 8 nitrogen and oxygen atoms in total. The minimum atomic E-state index is -4.29. The molecule has 0 atom stereocenters. The van der Waals surface area contributed by atoms with Gasteiger partial charge in [-0.1, -0.05) is 0 Å². The Morgan fingerprint density at radius 3 is 2.60 bits per heavy atom. The maximum atomic E-state index is 13.4. The smallest absolute Gasteiger partial charge is 0.354 e. The molecule has 0 aromatic carbocycles. The molecule has 2 aromatic heterocycles. The summed E-state index contributed by atoms with van der Waals surface area (Å²) in [4.78, 5) is 14.7. The molecule has 0 fully saturated rings. The first kappa shape index (κ1) is 14.0. The minimum absolute atomic E-state index is 0.0436. The highest BCUT2D eigenvalue weighted by Crippen LogP contribution is 2.26. The summed E-state index contributed by atoms with van der Waals surface area (Å²) in [5, 5.41) is 14.0. The number of hydrogen-bond donors (Lipinski definition) is 3. The lowest BCUT2D eigenvalue weighted by atomic mass is 10.1. The van der Waals surface area contributed by atoms with E-state index in [1.165, 1.54) is 6.07 Å². The zero-order chi connectivity index (χ0) is 15.1. The third-order valence-corrected chi connectivity index (χ3v) is 3.36. The second kappa shape index (κ2) is 4.58. The van der Waals surface area contributed by atoms with E-state index in [0.717, 1.165) is 18.5 Å². The lowest BCUT2D eigenvalue weighted by Crippen LogP contribution is -2.24. The minimum Gasteiger partial charge on any atom is -0.477 e. The van der Waals surface area contributed by atoms with Crippen molar-refractivity contribution in [2.24, 2.45) is 5.14 Å². The second-order valence-corrected chi connectivity index (χ2v) is 5.24. The van der Waals surface area contributed by atoms with E-state index in [1.807, 2.05) is 0 Å². The van der Waals surface area contributed by atoms with Crippen molar-refractivity contribution in [2.75, 3.05) is 5.73 Å². The Labute approximate surface area is 112 Å². The molecular weight excluding hydrogens is 291 g/mol. The number of nitrogens with zero attached hydrogens (tertiary/aromatic N) is 2. The van der Waals surface area contributed by atoms with Crippen LogP contribution in [-0.2, 0) is 10.2 Å².